The van der Waals surface area contributed by atoms with Gasteiger partial charge < -0.3 is 14.8 Å². The number of nitrogens with zero attached hydrogens (tertiary/aromatic N) is 1. The molecule has 0 aliphatic heterocycles. The van der Waals surface area contributed by atoms with Crippen LogP contribution in [-0.4, -0.2) is 51.7 Å². The topological polar surface area (TPSA) is 84.9 Å². The van der Waals surface area contributed by atoms with Crippen LogP contribution in [0.25, 0.3) is 0 Å². The van der Waals surface area contributed by atoms with Crippen LogP contribution in [0.4, 0.5) is 5.69 Å². The van der Waals surface area contributed by atoms with Crippen molar-refractivity contribution in [2.75, 3.05) is 38.4 Å². The molecule has 27 heavy (non-hydrogen) atoms. The molecule has 7 nitrogen and oxygen atoms in total. The maximum absolute atomic E-state index is 12.1. The summed E-state index contributed by atoms with van der Waals surface area (Å²) in [7, 11) is -1.89. The van der Waals surface area contributed by atoms with Crippen molar-refractivity contribution in [3.8, 4) is 11.5 Å². The van der Waals surface area contributed by atoms with Crippen molar-refractivity contribution in [1.82, 2.24) is 4.31 Å². The molecule has 1 amide bonds. The van der Waals surface area contributed by atoms with Crippen molar-refractivity contribution < 1.29 is 22.7 Å². The fourth-order valence-electron chi connectivity index (χ4n) is 2.32. The molecule has 0 aliphatic carbocycles. The molecule has 0 aromatic heterocycles. The number of nitrogens with one attached hydrogen (secondary N) is 1. The van der Waals surface area contributed by atoms with E-state index in [1.165, 1.54) is 11.4 Å². The van der Waals surface area contributed by atoms with Gasteiger partial charge in [-0.2, -0.15) is 4.31 Å². The minimum atomic E-state index is -3.38. The molecule has 0 bridgehead atoms. The number of hydrogen-bond donors (Lipinski definition) is 1. The fourth-order valence-corrected chi connectivity index (χ4v) is 3.15. The van der Waals surface area contributed by atoms with Crippen molar-refractivity contribution >= 4 is 21.6 Å². The largest absolute Gasteiger partial charge is 0.457 e. The summed E-state index contributed by atoms with van der Waals surface area (Å²) >= 11 is 0. The maximum atomic E-state index is 12.1. The van der Waals surface area contributed by atoms with Gasteiger partial charge >= 0.3 is 0 Å². The lowest BCUT2D eigenvalue weighted by molar-refractivity contribution is -0.116. The average Bonchev–Trinajstić information content (AvgIpc) is 2.63. The molecular formula is C19H24N2O5S. The van der Waals surface area contributed by atoms with Gasteiger partial charge in [0.2, 0.25) is 15.9 Å². The summed E-state index contributed by atoms with van der Waals surface area (Å²) < 4.78 is 35.3. The first kappa shape index (κ1) is 20.9. The van der Waals surface area contributed by atoms with Crippen LogP contribution in [-0.2, 0) is 19.6 Å². The zero-order chi connectivity index (χ0) is 19.7. The molecule has 2 rings (SSSR count). The molecule has 2 aromatic rings. The highest BCUT2D eigenvalue weighted by Crippen LogP contribution is 2.22. The predicted molar refractivity (Wildman–Crippen MR) is 104 cm³/mol. The number of ether oxygens (including phenoxy) is 2. The van der Waals surface area contributed by atoms with Crippen molar-refractivity contribution in [1.29, 1.82) is 0 Å². The number of benzene rings is 2. The summed E-state index contributed by atoms with van der Waals surface area (Å²) in [5.74, 6) is 1.12. The Morgan fingerprint density at radius 3 is 2.22 bits per heavy atom. The van der Waals surface area contributed by atoms with E-state index in [1.54, 1.807) is 24.3 Å². The summed E-state index contributed by atoms with van der Waals surface area (Å²) in [5.41, 5.74) is 0.614. The molecule has 1 N–H and O–H groups in total. The van der Waals surface area contributed by atoms with E-state index in [9.17, 15) is 13.2 Å². The Hall–Kier alpha value is -2.42. The molecule has 0 saturated heterocycles. The number of carbonyl (C=O) groups excluding carboxylic acids is 1. The van der Waals surface area contributed by atoms with Crippen LogP contribution in [0.3, 0.4) is 0 Å². The Kier molecular flexibility index (Phi) is 7.78. The molecule has 8 heteroatoms. The minimum Gasteiger partial charge on any atom is -0.457 e. The number of methoxy groups -OCH3 is 1. The van der Waals surface area contributed by atoms with E-state index in [0.29, 0.717) is 11.4 Å². The van der Waals surface area contributed by atoms with Gasteiger partial charge in [-0.05, 0) is 36.4 Å². The fraction of sp³-hybridized carbons (Fsp3) is 0.316. The number of anilines is 1. The lowest BCUT2D eigenvalue weighted by Gasteiger charge is -2.19. The van der Waals surface area contributed by atoms with Crippen LogP contribution in [0.5, 0.6) is 11.5 Å². The van der Waals surface area contributed by atoms with E-state index >= 15 is 0 Å². The van der Waals surface area contributed by atoms with Gasteiger partial charge in [-0.1, -0.05) is 18.2 Å². The Bertz CT molecular complexity index is 823. The number of sulfonamides is 1. The molecule has 146 valence electrons. The Balaban J connectivity index is 1.86. The average molecular weight is 392 g/mol. The van der Waals surface area contributed by atoms with E-state index in [0.717, 1.165) is 12.0 Å². The second kappa shape index (κ2) is 10.1. The van der Waals surface area contributed by atoms with Crippen LogP contribution >= 0.6 is 0 Å². The first-order valence-electron chi connectivity index (χ1n) is 8.45. The van der Waals surface area contributed by atoms with E-state index in [-0.39, 0.29) is 32.0 Å². The molecule has 0 heterocycles. The van der Waals surface area contributed by atoms with Gasteiger partial charge in [0.25, 0.3) is 0 Å². The van der Waals surface area contributed by atoms with Crippen LogP contribution in [0, 0.1) is 0 Å². The van der Waals surface area contributed by atoms with Gasteiger partial charge in [-0.15, -0.1) is 0 Å². The number of carbonyl (C=O) groups is 1. The second-order valence-corrected chi connectivity index (χ2v) is 7.87. The number of hydrogen-bond acceptors (Lipinski definition) is 5. The molecule has 0 fully saturated rings. The third-order valence-electron chi connectivity index (χ3n) is 3.72. The highest BCUT2D eigenvalue weighted by atomic mass is 32.2. The number of amides is 1. The summed E-state index contributed by atoms with van der Waals surface area (Å²) in [5, 5.41) is 2.75. The number of rotatable bonds is 10. The summed E-state index contributed by atoms with van der Waals surface area (Å²) in [6.45, 7) is 0.592. The summed E-state index contributed by atoms with van der Waals surface area (Å²) in [6.07, 6.45) is 1.17. The van der Waals surface area contributed by atoms with Crippen molar-refractivity contribution in [3.63, 3.8) is 0 Å². The monoisotopic (exact) mass is 392 g/mol. The van der Waals surface area contributed by atoms with Gasteiger partial charge in [0, 0.05) is 32.3 Å². The van der Waals surface area contributed by atoms with E-state index in [1.807, 2.05) is 30.3 Å². The van der Waals surface area contributed by atoms with Crippen molar-refractivity contribution in [2.45, 2.75) is 6.42 Å². The minimum absolute atomic E-state index is 0.0546. The molecule has 0 atom stereocenters. The van der Waals surface area contributed by atoms with Gasteiger partial charge in [0.1, 0.15) is 11.5 Å². The number of para-hydroxylation sites is 1. The Morgan fingerprint density at radius 1 is 1.00 bits per heavy atom. The molecule has 0 unspecified atom stereocenters. The standard InChI is InChI=1S/C19H24N2O5S/c1-25-15-14-21(27(2,23)24)13-12-19(22)20-16-8-10-18(11-9-16)26-17-6-4-3-5-7-17/h3-11H,12-15H2,1-2H3,(H,20,22). The smallest absolute Gasteiger partial charge is 0.225 e. The molecule has 0 spiro atoms. The van der Waals surface area contributed by atoms with Gasteiger partial charge in [-0.25, -0.2) is 8.42 Å². The molecule has 0 aliphatic rings. The molecule has 2 aromatic carbocycles. The highest BCUT2D eigenvalue weighted by Gasteiger charge is 2.17. The van der Waals surface area contributed by atoms with Gasteiger partial charge in [0.15, 0.2) is 0 Å². The summed E-state index contributed by atoms with van der Waals surface area (Å²) in [6, 6.07) is 16.4. The third-order valence-corrected chi connectivity index (χ3v) is 5.02. The van der Waals surface area contributed by atoms with Crippen LogP contribution < -0.4 is 10.1 Å². The predicted octanol–water partition coefficient (Wildman–Crippen LogP) is 2.72. The van der Waals surface area contributed by atoms with Crippen molar-refractivity contribution in [3.05, 3.63) is 54.6 Å². The maximum Gasteiger partial charge on any atom is 0.225 e. The zero-order valence-corrected chi connectivity index (χ0v) is 16.2. The van der Waals surface area contributed by atoms with Crippen molar-refractivity contribution in [2.24, 2.45) is 0 Å². The van der Waals surface area contributed by atoms with Gasteiger partial charge in [0.05, 0.1) is 12.9 Å². The summed E-state index contributed by atoms with van der Waals surface area (Å²) in [4.78, 5) is 12.1. The lowest BCUT2D eigenvalue weighted by atomic mass is 10.3. The molecular weight excluding hydrogens is 368 g/mol. The second-order valence-electron chi connectivity index (χ2n) is 5.89. The first-order valence-corrected chi connectivity index (χ1v) is 10.3. The molecule has 0 radical (unpaired) electrons. The zero-order valence-electron chi connectivity index (χ0n) is 15.4. The first-order chi connectivity index (χ1) is 12.9. The Morgan fingerprint density at radius 2 is 1.63 bits per heavy atom. The van der Waals surface area contributed by atoms with Crippen LogP contribution in [0.15, 0.2) is 54.6 Å². The van der Waals surface area contributed by atoms with Crippen LogP contribution in [0.2, 0.25) is 0 Å². The normalized spacial score (nSPS) is 11.4. The van der Waals surface area contributed by atoms with E-state index in [4.69, 9.17) is 9.47 Å². The lowest BCUT2D eigenvalue weighted by Crippen LogP contribution is -2.35. The quantitative estimate of drug-likeness (QED) is 0.672. The van der Waals surface area contributed by atoms with E-state index < -0.39 is 10.0 Å². The molecule has 0 saturated carbocycles. The van der Waals surface area contributed by atoms with Crippen LogP contribution in [0.1, 0.15) is 6.42 Å². The van der Waals surface area contributed by atoms with Gasteiger partial charge in [-0.3, -0.25) is 4.79 Å². The van der Waals surface area contributed by atoms with E-state index in [2.05, 4.69) is 5.32 Å². The highest BCUT2D eigenvalue weighted by molar-refractivity contribution is 7.88. The Labute approximate surface area is 160 Å². The SMILES string of the molecule is COCCN(CCC(=O)Nc1ccc(Oc2ccccc2)cc1)S(C)(=O)=O. The third kappa shape index (κ3) is 7.38.